The molecule has 7 heteroatoms. The van der Waals surface area contributed by atoms with E-state index in [-0.39, 0.29) is 12.7 Å². The molecular weight excluding hydrogens is 436 g/mol. The van der Waals surface area contributed by atoms with Crippen molar-refractivity contribution in [2.75, 3.05) is 6.79 Å². The summed E-state index contributed by atoms with van der Waals surface area (Å²) < 4.78 is 16.6. The Balaban J connectivity index is 1.18. The highest BCUT2D eigenvalue weighted by Crippen LogP contribution is 2.32. The number of hydrogen-bond acceptors (Lipinski definition) is 6. The standard InChI is InChI=1S/C26H22N2O4S/c1-17-3-2-4-19(11-17)14-30-21-8-6-20(7-9-21)26-28-22(15-33-26)25(29)27-13-18-5-10-23-24(12-18)32-16-31-23/h2-12,15H,13-14,16H2,1H3,(H,27,29). The monoisotopic (exact) mass is 458 g/mol. The number of nitrogens with one attached hydrogen (secondary N) is 1. The number of aryl methyl sites for hydroxylation is 1. The Morgan fingerprint density at radius 2 is 1.88 bits per heavy atom. The van der Waals surface area contributed by atoms with Crippen LogP contribution >= 0.6 is 11.3 Å². The molecule has 0 spiro atoms. The van der Waals surface area contributed by atoms with E-state index in [1.54, 1.807) is 5.38 Å². The lowest BCUT2D eigenvalue weighted by Gasteiger charge is -2.07. The zero-order valence-electron chi connectivity index (χ0n) is 18.0. The fourth-order valence-corrected chi connectivity index (χ4v) is 4.30. The van der Waals surface area contributed by atoms with Crippen LogP contribution in [0.15, 0.2) is 72.1 Å². The third-order valence-corrected chi connectivity index (χ3v) is 6.11. The summed E-state index contributed by atoms with van der Waals surface area (Å²) in [5.41, 5.74) is 4.62. The fourth-order valence-electron chi connectivity index (χ4n) is 3.50. The average molecular weight is 459 g/mol. The molecule has 0 bridgehead atoms. The maximum absolute atomic E-state index is 12.6. The van der Waals surface area contributed by atoms with E-state index >= 15 is 0 Å². The number of nitrogens with zero attached hydrogens (tertiary/aromatic N) is 1. The van der Waals surface area contributed by atoms with Crippen molar-refractivity contribution in [2.24, 2.45) is 0 Å². The van der Waals surface area contributed by atoms with E-state index in [0.29, 0.717) is 24.6 Å². The van der Waals surface area contributed by atoms with Gasteiger partial charge in [-0.1, -0.05) is 35.9 Å². The summed E-state index contributed by atoms with van der Waals surface area (Å²) in [5, 5.41) is 5.46. The molecule has 0 saturated carbocycles. The number of aromatic nitrogens is 1. The first kappa shape index (κ1) is 21.0. The van der Waals surface area contributed by atoms with Gasteiger partial charge in [0.15, 0.2) is 11.5 Å². The Kier molecular flexibility index (Phi) is 5.95. The van der Waals surface area contributed by atoms with E-state index in [1.165, 1.54) is 16.9 Å². The Labute approximate surface area is 195 Å². The van der Waals surface area contributed by atoms with Crippen LogP contribution in [0.4, 0.5) is 0 Å². The van der Waals surface area contributed by atoms with Crippen molar-refractivity contribution in [3.05, 3.63) is 94.5 Å². The van der Waals surface area contributed by atoms with E-state index in [0.717, 1.165) is 33.2 Å². The van der Waals surface area contributed by atoms with Gasteiger partial charge in [0.25, 0.3) is 5.91 Å². The predicted molar refractivity (Wildman–Crippen MR) is 127 cm³/mol. The summed E-state index contributed by atoms with van der Waals surface area (Å²) in [4.78, 5) is 17.1. The molecule has 0 aliphatic carbocycles. The van der Waals surface area contributed by atoms with Crippen LogP contribution < -0.4 is 19.5 Å². The molecule has 3 aromatic carbocycles. The van der Waals surface area contributed by atoms with Gasteiger partial charge in [-0.05, 0) is 54.4 Å². The summed E-state index contributed by atoms with van der Waals surface area (Å²) in [7, 11) is 0. The molecule has 1 amide bonds. The summed E-state index contributed by atoms with van der Waals surface area (Å²) in [6, 6.07) is 21.6. The van der Waals surface area contributed by atoms with Crippen molar-refractivity contribution in [1.29, 1.82) is 0 Å². The first-order chi connectivity index (χ1) is 16.1. The van der Waals surface area contributed by atoms with E-state index in [9.17, 15) is 4.79 Å². The summed E-state index contributed by atoms with van der Waals surface area (Å²) in [6.45, 7) is 3.20. The zero-order valence-corrected chi connectivity index (χ0v) is 18.9. The SMILES string of the molecule is Cc1cccc(COc2ccc(-c3nc(C(=O)NCc4ccc5c(c4)OCO5)cs3)cc2)c1. The normalized spacial score (nSPS) is 11.9. The number of thiazole rings is 1. The maximum Gasteiger partial charge on any atom is 0.271 e. The van der Waals surface area contributed by atoms with Crippen molar-refractivity contribution < 1.29 is 19.0 Å². The third kappa shape index (κ3) is 4.99. The summed E-state index contributed by atoms with van der Waals surface area (Å²) in [6.07, 6.45) is 0. The number of carbonyl (C=O) groups is 1. The Hall–Kier alpha value is -3.84. The van der Waals surface area contributed by atoms with Crippen molar-refractivity contribution >= 4 is 17.2 Å². The Bertz CT molecular complexity index is 1280. The summed E-state index contributed by atoms with van der Waals surface area (Å²) >= 11 is 1.44. The zero-order chi connectivity index (χ0) is 22.6. The van der Waals surface area contributed by atoms with Crippen LogP contribution in [0.3, 0.4) is 0 Å². The Morgan fingerprint density at radius 3 is 2.73 bits per heavy atom. The van der Waals surface area contributed by atoms with Gasteiger partial charge >= 0.3 is 0 Å². The van der Waals surface area contributed by atoms with Gasteiger partial charge in [-0.2, -0.15) is 0 Å². The van der Waals surface area contributed by atoms with Crippen molar-refractivity contribution in [2.45, 2.75) is 20.1 Å². The van der Waals surface area contributed by atoms with Crippen LogP contribution in [0.25, 0.3) is 10.6 Å². The van der Waals surface area contributed by atoms with Crippen molar-refractivity contribution in [1.82, 2.24) is 10.3 Å². The van der Waals surface area contributed by atoms with Gasteiger partial charge in [-0.25, -0.2) is 4.98 Å². The summed E-state index contributed by atoms with van der Waals surface area (Å²) in [5.74, 6) is 2.00. The lowest BCUT2D eigenvalue weighted by atomic mass is 10.1. The molecule has 5 rings (SSSR count). The molecule has 166 valence electrons. The number of rotatable bonds is 7. The second-order valence-corrected chi connectivity index (χ2v) is 8.57. The second kappa shape index (κ2) is 9.34. The number of ether oxygens (including phenoxy) is 3. The lowest BCUT2D eigenvalue weighted by molar-refractivity contribution is 0.0946. The smallest absolute Gasteiger partial charge is 0.271 e. The molecule has 0 saturated heterocycles. The fraction of sp³-hybridized carbons (Fsp3) is 0.154. The molecule has 4 aromatic rings. The molecule has 6 nitrogen and oxygen atoms in total. The van der Waals surface area contributed by atoms with E-state index in [1.807, 2.05) is 48.5 Å². The first-order valence-electron chi connectivity index (χ1n) is 10.5. The van der Waals surface area contributed by atoms with E-state index < -0.39 is 0 Å². The molecule has 0 atom stereocenters. The quantitative estimate of drug-likeness (QED) is 0.404. The molecule has 0 fully saturated rings. The minimum absolute atomic E-state index is 0.215. The van der Waals surface area contributed by atoms with Gasteiger partial charge in [0, 0.05) is 17.5 Å². The van der Waals surface area contributed by atoms with Crippen LogP contribution in [0, 0.1) is 6.92 Å². The molecule has 1 aliphatic heterocycles. The second-order valence-electron chi connectivity index (χ2n) is 7.71. The molecule has 33 heavy (non-hydrogen) atoms. The van der Waals surface area contributed by atoms with Crippen LogP contribution in [-0.2, 0) is 13.2 Å². The molecule has 2 heterocycles. The third-order valence-electron chi connectivity index (χ3n) is 5.22. The molecule has 1 aliphatic rings. The lowest BCUT2D eigenvalue weighted by Crippen LogP contribution is -2.23. The van der Waals surface area contributed by atoms with Gasteiger partial charge in [0.1, 0.15) is 23.1 Å². The van der Waals surface area contributed by atoms with Gasteiger partial charge in [0.05, 0.1) is 0 Å². The predicted octanol–water partition coefficient (Wildman–Crippen LogP) is 5.36. The van der Waals surface area contributed by atoms with Crippen LogP contribution in [0.1, 0.15) is 27.2 Å². The van der Waals surface area contributed by atoms with E-state index in [2.05, 4.69) is 35.4 Å². The average Bonchev–Trinajstić information content (AvgIpc) is 3.51. The van der Waals surface area contributed by atoms with Crippen molar-refractivity contribution in [3.63, 3.8) is 0 Å². The number of hydrogen-bond donors (Lipinski definition) is 1. The number of fused-ring (bicyclic) bond motifs is 1. The first-order valence-corrected chi connectivity index (χ1v) is 11.4. The highest BCUT2D eigenvalue weighted by atomic mass is 32.1. The van der Waals surface area contributed by atoms with Gasteiger partial charge in [-0.15, -0.1) is 11.3 Å². The minimum Gasteiger partial charge on any atom is -0.489 e. The van der Waals surface area contributed by atoms with Crippen molar-refractivity contribution in [3.8, 4) is 27.8 Å². The number of amides is 1. The van der Waals surface area contributed by atoms with E-state index in [4.69, 9.17) is 14.2 Å². The molecule has 1 N–H and O–H groups in total. The molecular formula is C26H22N2O4S. The number of benzene rings is 3. The van der Waals surface area contributed by atoms with Crippen LogP contribution in [-0.4, -0.2) is 17.7 Å². The Morgan fingerprint density at radius 1 is 1.03 bits per heavy atom. The molecule has 0 unspecified atom stereocenters. The molecule has 0 radical (unpaired) electrons. The van der Waals surface area contributed by atoms with Gasteiger partial charge < -0.3 is 19.5 Å². The topological polar surface area (TPSA) is 69.7 Å². The van der Waals surface area contributed by atoms with Gasteiger partial charge in [-0.3, -0.25) is 4.79 Å². The minimum atomic E-state index is -0.215. The largest absolute Gasteiger partial charge is 0.489 e. The van der Waals surface area contributed by atoms with Crippen LogP contribution in [0.2, 0.25) is 0 Å². The van der Waals surface area contributed by atoms with Crippen LogP contribution in [0.5, 0.6) is 17.2 Å². The highest BCUT2D eigenvalue weighted by molar-refractivity contribution is 7.13. The molecule has 1 aromatic heterocycles. The maximum atomic E-state index is 12.6. The van der Waals surface area contributed by atoms with Gasteiger partial charge in [0.2, 0.25) is 6.79 Å². The number of carbonyl (C=O) groups excluding carboxylic acids is 1. The highest BCUT2D eigenvalue weighted by Gasteiger charge is 2.15.